The van der Waals surface area contributed by atoms with Gasteiger partial charge in [-0.25, -0.2) is 0 Å². The number of likely N-dealkylation sites (tertiary alicyclic amines) is 1. The fraction of sp³-hybridized carbons (Fsp3) is 0.579. The number of amides is 1. The summed E-state index contributed by atoms with van der Waals surface area (Å²) in [4.78, 5) is 19.6. The lowest BCUT2D eigenvalue weighted by Gasteiger charge is -2.25. The molecule has 2 aliphatic rings. The molecule has 1 aromatic rings. The molecule has 0 bridgehead atoms. The molecule has 3 heteroatoms. The van der Waals surface area contributed by atoms with E-state index in [1.165, 1.54) is 5.57 Å². The first kappa shape index (κ1) is 15.3. The van der Waals surface area contributed by atoms with Gasteiger partial charge in [-0.3, -0.25) is 9.78 Å². The molecule has 22 heavy (non-hydrogen) atoms. The van der Waals surface area contributed by atoms with Crippen LogP contribution in [0.1, 0.15) is 52.3 Å². The molecule has 0 spiro atoms. The van der Waals surface area contributed by atoms with E-state index in [1.807, 2.05) is 24.4 Å². The Morgan fingerprint density at radius 3 is 2.77 bits per heavy atom. The summed E-state index contributed by atoms with van der Waals surface area (Å²) in [6.07, 6.45) is 6.20. The van der Waals surface area contributed by atoms with Crippen molar-refractivity contribution in [3.05, 3.63) is 41.7 Å². The topological polar surface area (TPSA) is 33.2 Å². The monoisotopic (exact) mass is 298 g/mol. The van der Waals surface area contributed by atoms with Crippen molar-refractivity contribution in [3.63, 3.8) is 0 Å². The first-order chi connectivity index (χ1) is 10.4. The number of hydrogen-bond donors (Lipinski definition) is 0. The molecule has 3 rings (SSSR count). The second kappa shape index (κ2) is 5.53. The Labute approximate surface area is 133 Å². The molecule has 1 saturated heterocycles. The molecule has 1 aliphatic heterocycles. The Kier molecular flexibility index (Phi) is 3.84. The zero-order chi connectivity index (χ0) is 15.9. The quantitative estimate of drug-likeness (QED) is 0.791. The molecule has 0 unspecified atom stereocenters. The second-order valence-electron chi connectivity index (χ2n) is 7.51. The van der Waals surface area contributed by atoms with Crippen LogP contribution in [0.5, 0.6) is 0 Å². The van der Waals surface area contributed by atoms with Crippen LogP contribution < -0.4 is 0 Å². The number of pyridine rings is 1. The zero-order valence-corrected chi connectivity index (χ0v) is 14.0. The van der Waals surface area contributed by atoms with E-state index >= 15 is 0 Å². The highest BCUT2D eigenvalue weighted by Crippen LogP contribution is 2.60. The number of nitrogens with zero attached hydrogens (tertiary/aromatic N) is 2. The van der Waals surface area contributed by atoms with Crippen LogP contribution in [0.25, 0.3) is 0 Å². The number of rotatable bonds is 3. The molecule has 0 N–H and O–H groups in total. The average Bonchev–Trinajstić information content (AvgIpc) is 2.86. The van der Waals surface area contributed by atoms with Crippen molar-refractivity contribution in [1.29, 1.82) is 0 Å². The van der Waals surface area contributed by atoms with Crippen LogP contribution in [0, 0.1) is 17.3 Å². The minimum absolute atomic E-state index is 0.0889. The molecule has 1 aromatic heterocycles. The van der Waals surface area contributed by atoms with Crippen LogP contribution in [-0.2, 0) is 4.79 Å². The van der Waals surface area contributed by atoms with E-state index in [1.54, 1.807) is 0 Å². The lowest BCUT2D eigenvalue weighted by molar-refractivity contribution is -0.134. The third-order valence-corrected chi connectivity index (χ3v) is 5.25. The molecule has 0 radical (unpaired) electrons. The summed E-state index contributed by atoms with van der Waals surface area (Å²) in [6, 6.07) is 6.15. The highest BCUT2D eigenvalue weighted by molar-refractivity contribution is 5.84. The van der Waals surface area contributed by atoms with Crippen molar-refractivity contribution in [2.24, 2.45) is 17.3 Å². The number of aromatic nitrogens is 1. The SMILES string of the molecule is CC(C)=C[C@@H]1[C@@H](C(=O)N2CCC[C@H]2c2ccccn2)C1(C)C. The van der Waals surface area contributed by atoms with Crippen molar-refractivity contribution in [3.8, 4) is 0 Å². The molecular weight excluding hydrogens is 272 g/mol. The third kappa shape index (κ3) is 2.57. The first-order valence-electron chi connectivity index (χ1n) is 8.29. The van der Waals surface area contributed by atoms with Gasteiger partial charge in [0.05, 0.1) is 17.7 Å². The van der Waals surface area contributed by atoms with Crippen molar-refractivity contribution in [2.45, 2.75) is 46.6 Å². The Morgan fingerprint density at radius 1 is 1.36 bits per heavy atom. The van der Waals surface area contributed by atoms with Crippen molar-refractivity contribution >= 4 is 5.91 Å². The summed E-state index contributed by atoms with van der Waals surface area (Å²) < 4.78 is 0. The van der Waals surface area contributed by atoms with Crippen LogP contribution in [-0.4, -0.2) is 22.3 Å². The fourth-order valence-electron chi connectivity index (χ4n) is 3.91. The lowest BCUT2D eigenvalue weighted by Crippen LogP contribution is -2.33. The highest BCUT2D eigenvalue weighted by Gasteiger charge is 2.61. The van der Waals surface area contributed by atoms with Crippen molar-refractivity contribution in [1.82, 2.24) is 9.88 Å². The summed E-state index contributed by atoms with van der Waals surface area (Å²) in [6.45, 7) is 9.52. The van der Waals surface area contributed by atoms with Gasteiger partial charge in [-0.05, 0) is 50.2 Å². The molecule has 2 fully saturated rings. The van der Waals surface area contributed by atoms with E-state index in [4.69, 9.17) is 0 Å². The Morgan fingerprint density at radius 2 is 2.14 bits per heavy atom. The smallest absolute Gasteiger partial charge is 0.227 e. The largest absolute Gasteiger partial charge is 0.334 e. The summed E-state index contributed by atoms with van der Waals surface area (Å²) in [5, 5.41) is 0. The van der Waals surface area contributed by atoms with Crippen LogP contribution in [0.15, 0.2) is 36.0 Å². The van der Waals surface area contributed by atoms with Gasteiger partial charge in [-0.1, -0.05) is 31.6 Å². The Hall–Kier alpha value is -1.64. The van der Waals surface area contributed by atoms with E-state index in [2.05, 4.69) is 43.7 Å². The van der Waals surface area contributed by atoms with Crippen molar-refractivity contribution < 1.29 is 4.79 Å². The standard InChI is InChI=1S/C19H26N2O/c1-13(2)12-14-17(19(14,3)4)18(22)21-11-7-9-16(21)15-8-5-6-10-20-15/h5-6,8,10,12,14,16-17H,7,9,11H2,1-4H3/t14-,16+,17+/m1/s1. The lowest BCUT2D eigenvalue weighted by atomic mass is 10.1. The van der Waals surface area contributed by atoms with Gasteiger partial charge >= 0.3 is 0 Å². The minimum atomic E-state index is 0.0889. The summed E-state index contributed by atoms with van der Waals surface area (Å²) in [7, 11) is 0. The fourth-order valence-corrected chi connectivity index (χ4v) is 3.91. The minimum Gasteiger partial charge on any atom is -0.334 e. The van der Waals surface area contributed by atoms with Gasteiger partial charge in [0.2, 0.25) is 5.91 Å². The van der Waals surface area contributed by atoms with Gasteiger partial charge in [-0.2, -0.15) is 0 Å². The molecular formula is C19H26N2O. The predicted octanol–water partition coefficient (Wildman–Crippen LogP) is 3.98. The van der Waals surface area contributed by atoms with Crippen molar-refractivity contribution in [2.75, 3.05) is 6.54 Å². The Balaban J connectivity index is 1.79. The maximum atomic E-state index is 13.1. The third-order valence-electron chi connectivity index (χ3n) is 5.25. The Bertz CT molecular complexity index is 587. The molecule has 1 amide bonds. The van der Waals surface area contributed by atoms with E-state index in [0.717, 1.165) is 25.1 Å². The summed E-state index contributed by atoms with van der Waals surface area (Å²) in [5.41, 5.74) is 2.42. The van der Waals surface area contributed by atoms with Gasteiger partial charge in [-0.15, -0.1) is 0 Å². The molecule has 0 aromatic carbocycles. The van der Waals surface area contributed by atoms with Gasteiger partial charge in [0.15, 0.2) is 0 Å². The number of carbonyl (C=O) groups is 1. The number of carbonyl (C=O) groups excluding carboxylic acids is 1. The maximum absolute atomic E-state index is 13.1. The van der Waals surface area contributed by atoms with Crippen LogP contribution in [0.4, 0.5) is 0 Å². The van der Waals surface area contributed by atoms with Crippen LogP contribution in [0.2, 0.25) is 0 Å². The maximum Gasteiger partial charge on any atom is 0.227 e. The second-order valence-corrected chi connectivity index (χ2v) is 7.51. The normalized spacial score (nSPS) is 29.3. The summed E-state index contributed by atoms with van der Waals surface area (Å²) >= 11 is 0. The molecule has 1 aliphatic carbocycles. The molecule has 118 valence electrons. The number of hydrogen-bond acceptors (Lipinski definition) is 2. The van der Waals surface area contributed by atoms with E-state index in [-0.39, 0.29) is 17.4 Å². The van der Waals surface area contributed by atoms with Gasteiger partial charge in [0.1, 0.15) is 0 Å². The molecule has 2 heterocycles. The predicted molar refractivity (Wildman–Crippen MR) is 88.1 cm³/mol. The summed E-state index contributed by atoms with van der Waals surface area (Å²) in [5.74, 6) is 0.836. The van der Waals surface area contributed by atoms with Gasteiger partial charge < -0.3 is 4.90 Å². The zero-order valence-electron chi connectivity index (χ0n) is 14.0. The highest BCUT2D eigenvalue weighted by atomic mass is 16.2. The molecule has 3 atom stereocenters. The molecule has 1 saturated carbocycles. The van der Waals surface area contributed by atoms with Crippen LogP contribution >= 0.6 is 0 Å². The van der Waals surface area contributed by atoms with E-state index in [0.29, 0.717) is 11.8 Å². The van der Waals surface area contributed by atoms with Gasteiger partial charge in [0, 0.05) is 12.7 Å². The average molecular weight is 298 g/mol. The van der Waals surface area contributed by atoms with Gasteiger partial charge in [0.25, 0.3) is 0 Å². The first-order valence-corrected chi connectivity index (χ1v) is 8.29. The number of allylic oxidation sites excluding steroid dienone is 2. The van der Waals surface area contributed by atoms with Crippen LogP contribution in [0.3, 0.4) is 0 Å². The molecule has 3 nitrogen and oxygen atoms in total. The van der Waals surface area contributed by atoms with E-state index in [9.17, 15) is 4.79 Å². The van der Waals surface area contributed by atoms with E-state index < -0.39 is 0 Å².